The average Bonchev–Trinajstić information content (AvgIpc) is 3.52. The molecule has 0 spiro atoms. The van der Waals surface area contributed by atoms with Gasteiger partial charge in [-0.2, -0.15) is 0 Å². The van der Waals surface area contributed by atoms with E-state index in [0.717, 1.165) is 12.0 Å². The Morgan fingerprint density at radius 1 is 1.03 bits per heavy atom. The van der Waals surface area contributed by atoms with E-state index in [1.165, 1.54) is 18.8 Å². The van der Waals surface area contributed by atoms with Gasteiger partial charge in [-0.25, -0.2) is 18.4 Å². The Morgan fingerprint density at radius 2 is 1.68 bits per heavy atom. The van der Waals surface area contributed by atoms with E-state index < -0.39 is 21.2 Å². The molecule has 11 nitrogen and oxygen atoms in total. The van der Waals surface area contributed by atoms with E-state index in [9.17, 15) is 8.42 Å². The summed E-state index contributed by atoms with van der Waals surface area (Å²) in [7, 11) is -0.954. The number of ether oxygens (including phenoxy) is 2. The Hall–Kier alpha value is -3.93. The van der Waals surface area contributed by atoms with Crippen molar-refractivity contribution in [1.29, 1.82) is 0 Å². The maximum atomic E-state index is 13.5. The van der Waals surface area contributed by atoms with Crippen molar-refractivity contribution >= 4 is 16.0 Å². The van der Waals surface area contributed by atoms with Crippen LogP contribution in [0.3, 0.4) is 0 Å². The molecular formula is C25H30N6O5S. The van der Waals surface area contributed by atoms with Gasteiger partial charge in [0.05, 0.1) is 19.5 Å². The number of aromatic nitrogens is 5. The average molecular weight is 527 g/mol. The molecule has 0 aliphatic carbocycles. The molecule has 3 aromatic heterocycles. The van der Waals surface area contributed by atoms with Crippen molar-refractivity contribution in [3.63, 3.8) is 0 Å². The zero-order valence-electron chi connectivity index (χ0n) is 21.6. The van der Waals surface area contributed by atoms with Crippen LogP contribution in [0.5, 0.6) is 11.5 Å². The molecule has 2 atom stereocenters. The van der Waals surface area contributed by atoms with E-state index in [0.29, 0.717) is 34.5 Å². The molecule has 37 heavy (non-hydrogen) atoms. The van der Waals surface area contributed by atoms with Crippen molar-refractivity contribution in [2.24, 2.45) is 0 Å². The number of hydrogen-bond donors (Lipinski definition) is 1. The molecule has 0 fully saturated rings. The highest BCUT2D eigenvalue weighted by Crippen LogP contribution is 2.38. The largest absolute Gasteiger partial charge is 0.494 e. The van der Waals surface area contributed by atoms with Crippen LogP contribution in [0.2, 0.25) is 0 Å². The predicted octanol–water partition coefficient (Wildman–Crippen LogP) is 4.14. The molecule has 1 aromatic carbocycles. The first kappa shape index (κ1) is 26.1. The Morgan fingerprint density at radius 3 is 2.22 bits per heavy atom. The van der Waals surface area contributed by atoms with Crippen molar-refractivity contribution in [3.8, 4) is 28.8 Å². The van der Waals surface area contributed by atoms with Gasteiger partial charge in [-0.3, -0.25) is 9.29 Å². The fourth-order valence-corrected chi connectivity index (χ4v) is 5.04. The van der Waals surface area contributed by atoms with Crippen molar-refractivity contribution in [2.45, 2.75) is 45.3 Å². The van der Waals surface area contributed by atoms with Crippen LogP contribution >= 0.6 is 0 Å². The predicted molar refractivity (Wildman–Crippen MR) is 139 cm³/mol. The second-order valence-electron chi connectivity index (χ2n) is 8.55. The Balaban J connectivity index is 1.79. The third kappa shape index (κ3) is 5.15. The monoisotopic (exact) mass is 526 g/mol. The number of benzene rings is 1. The zero-order valence-corrected chi connectivity index (χ0v) is 22.4. The Bertz CT molecular complexity index is 1460. The molecule has 0 bridgehead atoms. The normalized spacial score (nSPS) is 13.2. The number of nitrogens with zero attached hydrogens (tertiary/aromatic N) is 5. The molecule has 3 heterocycles. The summed E-state index contributed by atoms with van der Waals surface area (Å²) in [6.45, 7) is 7.18. The van der Waals surface area contributed by atoms with E-state index in [2.05, 4.69) is 24.9 Å². The lowest BCUT2D eigenvalue weighted by atomic mass is 10.1. The van der Waals surface area contributed by atoms with Gasteiger partial charge in [-0.15, -0.1) is 10.2 Å². The van der Waals surface area contributed by atoms with Gasteiger partial charge in [0, 0.05) is 18.3 Å². The second-order valence-corrected chi connectivity index (χ2v) is 10.6. The van der Waals surface area contributed by atoms with Gasteiger partial charge in [-0.05, 0) is 50.1 Å². The first-order valence-electron chi connectivity index (χ1n) is 11.8. The molecule has 4 aromatic rings. The molecule has 1 N–H and O–H groups in total. The summed E-state index contributed by atoms with van der Waals surface area (Å²) in [6.07, 6.45) is 4.23. The Labute approximate surface area is 215 Å². The third-order valence-electron chi connectivity index (χ3n) is 6.22. The highest BCUT2D eigenvalue weighted by Gasteiger charge is 2.32. The molecule has 0 radical (unpaired) electrons. The molecule has 0 amide bonds. The van der Waals surface area contributed by atoms with E-state index in [1.807, 2.05) is 6.92 Å². The minimum absolute atomic E-state index is 0.0480. The standard InChI is InChI=1S/C25H30N6O5S/c1-7-18-13-26-23(27-14-18)16(3)17(4)37(32,33)30-25-29-28-24(21-12-11-15(2)36-21)31(25)22-19(34-5)9-8-10-20(22)35-6/h8-14,16-17H,7H2,1-6H3,(H,29,30). The summed E-state index contributed by atoms with van der Waals surface area (Å²) in [4.78, 5) is 8.73. The van der Waals surface area contributed by atoms with Crippen molar-refractivity contribution < 1.29 is 22.3 Å². The first-order valence-corrected chi connectivity index (χ1v) is 13.3. The summed E-state index contributed by atoms with van der Waals surface area (Å²) in [6, 6.07) is 8.74. The zero-order chi connectivity index (χ0) is 26.7. The summed E-state index contributed by atoms with van der Waals surface area (Å²) in [5, 5.41) is 7.53. The first-order chi connectivity index (χ1) is 17.7. The molecule has 0 aliphatic rings. The molecule has 2 unspecified atom stereocenters. The number of sulfonamides is 1. The van der Waals surface area contributed by atoms with E-state index in [4.69, 9.17) is 13.9 Å². The lowest BCUT2D eigenvalue weighted by Crippen LogP contribution is -2.31. The SMILES string of the molecule is CCc1cnc(C(C)C(C)S(=O)(=O)Nc2nnc(-c3ccc(C)o3)n2-c2c(OC)cccc2OC)nc1. The summed E-state index contributed by atoms with van der Waals surface area (Å²) in [5.74, 6) is 2.08. The van der Waals surface area contributed by atoms with Gasteiger partial charge in [0.15, 0.2) is 5.76 Å². The molecule has 0 aliphatic heterocycles. The number of hydrogen-bond acceptors (Lipinski definition) is 9. The highest BCUT2D eigenvalue weighted by molar-refractivity contribution is 7.93. The quantitative estimate of drug-likeness (QED) is 0.323. The molecule has 196 valence electrons. The van der Waals surface area contributed by atoms with Gasteiger partial charge in [-0.1, -0.05) is 19.9 Å². The van der Waals surface area contributed by atoms with E-state index in [1.54, 1.807) is 63.5 Å². The van der Waals surface area contributed by atoms with E-state index in [-0.39, 0.29) is 11.8 Å². The number of para-hydroxylation sites is 1. The van der Waals surface area contributed by atoms with Crippen LogP contribution in [0.4, 0.5) is 5.95 Å². The molecular weight excluding hydrogens is 496 g/mol. The van der Waals surface area contributed by atoms with Crippen LogP contribution in [0, 0.1) is 6.92 Å². The number of aryl methyl sites for hydroxylation is 2. The van der Waals surface area contributed by atoms with E-state index >= 15 is 0 Å². The van der Waals surface area contributed by atoms with Crippen LogP contribution in [0.15, 0.2) is 47.1 Å². The Kier molecular flexibility index (Phi) is 7.48. The van der Waals surface area contributed by atoms with Gasteiger partial charge in [0.2, 0.25) is 21.8 Å². The van der Waals surface area contributed by atoms with Gasteiger partial charge < -0.3 is 13.9 Å². The third-order valence-corrected chi connectivity index (χ3v) is 8.07. The number of furan rings is 1. The minimum Gasteiger partial charge on any atom is -0.494 e. The van der Waals surface area contributed by atoms with Gasteiger partial charge >= 0.3 is 0 Å². The minimum atomic E-state index is -3.98. The number of methoxy groups -OCH3 is 2. The lowest BCUT2D eigenvalue weighted by molar-refractivity contribution is 0.391. The lowest BCUT2D eigenvalue weighted by Gasteiger charge is -2.21. The van der Waals surface area contributed by atoms with Crippen LogP contribution in [-0.2, 0) is 16.4 Å². The maximum Gasteiger partial charge on any atom is 0.243 e. The van der Waals surface area contributed by atoms with Crippen LogP contribution < -0.4 is 14.2 Å². The smallest absolute Gasteiger partial charge is 0.243 e. The van der Waals surface area contributed by atoms with Crippen molar-refractivity contribution in [1.82, 2.24) is 24.7 Å². The van der Waals surface area contributed by atoms with Gasteiger partial charge in [0.1, 0.15) is 28.8 Å². The maximum absolute atomic E-state index is 13.5. The van der Waals surface area contributed by atoms with Crippen LogP contribution in [0.1, 0.15) is 43.8 Å². The fourth-order valence-electron chi connectivity index (χ4n) is 3.81. The number of anilines is 1. The topological polar surface area (TPSA) is 134 Å². The van der Waals surface area contributed by atoms with Crippen molar-refractivity contribution in [3.05, 3.63) is 59.9 Å². The fraction of sp³-hybridized carbons (Fsp3) is 0.360. The molecule has 0 saturated carbocycles. The summed E-state index contributed by atoms with van der Waals surface area (Å²) >= 11 is 0. The molecule has 0 saturated heterocycles. The molecule has 4 rings (SSSR count). The second kappa shape index (κ2) is 10.6. The highest BCUT2D eigenvalue weighted by atomic mass is 32.2. The summed E-state index contributed by atoms with van der Waals surface area (Å²) in [5.41, 5.74) is 1.39. The number of nitrogens with one attached hydrogen (secondary N) is 1. The van der Waals surface area contributed by atoms with Crippen molar-refractivity contribution in [2.75, 3.05) is 18.9 Å². The summed E-state index contributed by atoms with van der Waals surface area (Å²) < 4.78 is 48.2. The van der Waals surface area contributed by atoms with Gasteiger partial charge in [0.25, 0.3) is 0 Å². The van der Waals surface area contributed by atoms with Crippen LogP contribution in [0.25, 0.3) is 17.3 Å². The van der Waals surface area contributed by atoms with Crippen LogP contribution in [-0.4, -0.2) is 52.6 Å². The number of rotatable bonds is 10. The molecule has 12 heteroatoms.